The third kappa shape index (κ3) is 6.38. The van der Waals surface area contributed by atoms with Gasteiger partial charge in [-0.05, 0) is 38.5 Å². The SMILES string of the molecule is COC(C)(C)CCOCCOc1cccc(Br)c1. The van der Waals surface area contributed by atoms with Crippen molar-refractivity contribution in [3.05, 3.63) is 28.7 Å². The Hall–Kier alpha value is -0.580. The Morgan fingerprint density at radius 1 is 1.17 bits per heavy atom. The monoisotopic (exact) mass is 316 g/mol. The van der Waals surface area contributed by atoms with E-state index in [1.165, 1.54) is 0 Å². The Bertz CT molecular complexity index is 353. The summed E-state index contributed by atoms with van der Waals surface area (Å²) in [6, 6.07) is 7.78. The highest BCUT2D eigenvalue weighted by molar-refractivity contribution is 9.10. The number of ether oxygens (including phenoxy) is 3. The second kappa shape index (κ2) is 7.77. The Morgan fingerprint density at radius 2 is 1.94 bits per heavy atom. The van der Waals surface area contributed by atoms with Gasteiger partial charge in [0.15, 0.2) is 0 Å². The van der Waals surface area contributed by atoms with Gasteiger partial charge in [0.05, 0.1) is 12.2 Å². The molecule has 1 aromatic carbocycles. The molecule has 4 heteroatoms. The molecule has 102 valence electrons. The van der Waals surface area contributed by atoms with Crippen LogP contribution < -0.4 is 4.74 Å². The van der Waals surface area contributed by atoms with Crippen LogP contribution in [0.2, 0.25) is 0 Å². The van der Waals surface area contributed by atoms with E-state index in [4.69, 9.17) is 14.2 Å². The predicted molar refractivity (Wildman–Crippen MR) is 76.2 cm³/mol. The van der Waals surface area contributed by atoms with E-state index < -0.39 is 0 Å². The van der Waals surface area contributed by atoms with Crippen LogP contribution >= 0.6 is 15.9 Å². The van der Waals surface area contributed by atoms with Gasteiger partial charge in [-0.15, -0.1) is 0 Å². The fourth-order valence-electron chi connectivity index (χ4n) is 1.30. The molecule has 18 heavy (non-hydrogen) atoms. The van der Waals surface area contributed by atoms with Crippen LogP contribution in [0.25, 0.3) is 0 Å². The van der Waals surface area contributed by atoms with E-state index in [1.54, 1.807) is 7.11 Å². The van der Waals surface area contributed by atoms with Gasteiger partial charge in [-0.2, -0.15) is 0 Å². The maximum Gasteiger partial charge on any atom is 0.120 e. The van der Waals surface area contributed by atoms with Gasteiger partial charge in [0.2, 0.25) is 0 Å². The first-order chi connectivity index (χ1) is 8.53. The van der Waals surface area contributed by atoms with Crippen LogP contribution in [0, 0.1) is 0 Å². The molecule has 0 aliphatic rings. The van der Waals surface area contributed by atoms with Gasteiger partial charge >= 0.3 is 0 Å². The molecule has 0 unspecified atom stereocenters. The maximum absolute atomic E-state index is 5.56. The summed E-state index contributed by atoms with van der Waals surface area (Å²) in [5, 5.41) is 0. The molecule has 3 nitrogen and oxygen atoms in total. The summed E-state index contributed by atoms with van der Waals surface area (Å²) >= 11 is 3.40. The van der Waals surface area contributed by atoms with E-state index in [2.05, 4.69) is 15.9 Å². The number of benzene rings is 1. The molecular weight excluding hydrogens is 296 g/mol. The summed E-state index contributed by atoms with van der Waals surface area (Å²) in [7, 11) is 1.72. The first-order valence-corrected chi connectivity index (χ1v) is 6.84. The van der Waals surface area contributed by atoms with Crippen molar-refractivity contribution in [1.29, 1.82) is 0 Å². The first kappa shape index (κ1) is 15.5. The molecule has 0 fully saturated rings. The van der Waals surface area contributed by atoms with E-state index >= 15 is 0 Å². The lowest BCUT2D eigenvalue weighted by molar-refractivity contribution is -0.0128. The van der Waals surface area contributed by atoms with E-state index in [9.17, 15) is 0 Å². The van der Waals surface area contributed by atoms with Crippen LogP contribution in [0.3, 0.4) is 0 Å². The van der Waals surface area contributed by atoms with Crippen LogP contribution in [-0.4, -0.2) is 32.5 Å². The number of methoxy groups -OCH3 is 1. The number of hydrogen-bond donors (Lipinski definition) is 0. The zero-order chi connectivity index (χ0) is 13.4. The van der Waals surface area contributed by atoms with Gasteiger partial charge in [0.25, 0.3) is 0 Å². The third-order valence-electron chi connectivity index (χ3n) is 2.69. The Labute approximate surface area is 118 Å². The molecule has 0 saturated heterocycles. The first-order valence-electron chi connectivity index (χ1n) is 6.05. The fourth-order valence-corrected chi connectivity index (χ4v) is 1.68. The van der Waals surface area contributed by atoms with E-state index in [-0.39, 0.29) is 5.60 Å². The molecule has 0 saturated carbocycles. The van der Waals surface area contributed by atoms with E-state index in [0.29, 0.717) is 19.8 Å². The van der Waals surface area contributed by atoms with Crippen LogP contribution in [0.4, 0.5) is 0 Å². The second-order valence-corrected chi connectivity index (χ2v) is 5.55. The second-order valence-electron chi connectivity index (χ2n) is 4.63. The third-order valence-corrected chi connectivity index (χ3v) is 3.19. The lowest BCUT2D eigenvalue weighted by Gasteiger charge is -2.22. The van der Waals surface area contributed by atoms with Gasteiger partial charge in [-0.1, -0.05) is 22.0 Å². The van der Waals surface area contributed by atoms with Gasteiger partial charge in [-0.25, -0.2) is 0 Å². The normalized spacial score (nSPS) is 11.6. The zero-order valence-corrected chi connectivity index (χ0v) is 12.8. The Morgan fingerprint density at radius 3 is 2.61 bits per heavy atom. The summed E-state index contributed by atoms with van der Waals surface area (Å²) in [4.78, 5) is 0. The number of halogens is 1. The lowest BCUT2D eigenvalue weighted by atomic mass is 10.1. The summed E-state index contributed by atoms with van der Waals surface area (Å²) < 4.78 is 17.4. The minimum atomic E-state index is -0.120. The molecule has 0 N–H and O–H groups in total. The van der Waals surface area contributed by atoms with Crippen LogP contribution in [0.5, 0.6) is 5.75 Å². The van der Waals surface area contributed by atoms with Crippen LogP contribution in [0.15, 0.2) is 28.7 Å². The highest BCUT2D eigenvalue weighted by Gasteiger charge is 2.15. The zero-order valence-electron chi connectivity index (χ0n) is 11.2. The molecule has 0 atom stereocenters. The molecule has 0 bridgehead atoms. The van der Waals surface area contributed by atoms with Gasteiger partial charge in [0.1, 0.15) is 12.4 Å². The summed E-state index contributed by atoms with van der Waals surface area (Å²) in [6.45, 7) is 5.93. The molecule has 0 amide bonds. The molecule has 1 rings (SSSR count). The molecule has 0 heterocycles. The van der Waals surface area contributed by atoms with Gasteiger partial charge in [0, 0.05) is 18.2 Å². The molecule has 0 radical (unpaired) electrons. The molecule has 1 aromatic rings. The van der Waals surface area contributed by atoms with Crippen molar-refractivity contribution in [3.8, 4) is 5.75 Å². The van der Waals surface area contributed by atoms with Crippen molar-refractivity contribution in [2.75, 3.05) is 26.9 Å². The molecule has 0 aromatic heterocycles. The van der Waals surface area contributed by atoms with Crippen LogP contribution in [-0.2, 0) is 9.47 Å². The highest BCUT2D eigenvalue weighted by atomic mass is 79.9. The van der Waals surface area contributed by atoms with Crippen molar-refractivity contribution >= 4 is 15.9 Å². The minimum Gasteiger partial charge on any atom is -0.491 e. The Balaban J connectivity index is 2.09. The molecule has 0 aliphatic carbocycles. The van der Waals surface area contributed by atoms with Crippen molar-refractivity contribution in [2.45, 2.75) is 25.9 Å². The summed E-state index contributed by atoms with van der Waals surface area (Å²) in [5.41, 5.74) is -0.120. The van der Waals surface area contributed by atoms with Crippen molar-refractivity contribution < 1.29 is 14.2 Å². The van der Waals surface area contributed by atoms with Gasteiger partial charge < -0.3 is 14.2 Å². The van der Waals surface area contributed by atoms with Crippen molar-refractivity contribution in [2.24, 2.45) is 0 Å². The quantitative estimate of drug-likeness (QED) is 0.685. The average Bonchev–Trinajstić information content (AvgIpc) is 2.34. The Kier molecular flexibility index (Phi) is 6.68. The van der Waals surface area contributed by atoms with Crippen molar-refractivity contribution in [3.63, 3.8) is 0 Å². The van der Waals surface area contributed by atoms with Crippen molar-refractivity contribution in [1.82, 2.24) is 0 Å². The maximum atomic E-state index is 5.56. The highest BCUT2D eigenvalue weighted by Crippen LogP contribution is 2.17. The molecule has 0 spiro atoms. The minimum absolute atomic E-state index is 0.120. The molecule has 0 aliphatic heterocycles. The van der Waals surface area contributed by atoms with Crippen LogP contribution in [0.1, 0.15) is 20.3 Å². The smallest absolute Gasteiger partial charge is 0.120 e. The largest absolute Gasteiger partial charge is 0.491 e. The summed E-state index contributed by atoms with van der Waals surface area (Å²) in [5.74, 6) is 0.852. The summed E-state index contributed by atoms with van der Waals surface area (Å²) in [6.07, 6.45) is 0.875. The molecular formula is C14H21BrO3. The standard InChI is InChI=1S/C14H21BrO3/c1-14(2,16-3)7-8-17-9-10-18-13-6-4-5-12(15)11-13/h4-6,11H,7-10H2,1-3H3. The average molecular weight is 317 g/mol. The predicted octanol–water partition coefficient (Wildman–Crippen LogP) is 3.66. The van der Waals surface area contributed by atoms with E-state index in [1.807, 2.05) is 38.1 Å². The number of rotatable bonds is 8. The fraction of sp³-hybridized carbons (Fsp3) is 0.571. The number of hydrogen-bond acceptors (Lipinski definition) is 3. The lowest BCUT2D eigenvalue weighted by Crippen LogP contribution is -2.24. The van der Waals surface area contributed by atoms with Gasteiger partial charge in [-0.3, -0.25) is 0 Å². The van der Waals surface area contributed by atoms with E-state index in [0.717, 1.165) is 16.6 Å². The topological polar surface area (TPSA) is 27.7 Å².